The van der Waals surface area contributed by atoms with Gasteiger partial charge in [0.05, 0.1) is 17.9 Å². The minimum absolute atomic E-state index is 0.0121. The van der Waals surface area contributed by atoms with Gasteiger partial charge in [-0.2, -0.15) is 4.98 Å². The van der Waals surface area contributed by atoms with Crippen LogP contribution in [-0.2, 0) is 17.8 Å². The van der Waals surface area contributed by atoms with Crippen LogP contribution in [0, 0.1) is 17.0 Å². The molecule has 1 fully saturated rings. The Hall–Kier alpha value is -2.81. The van der Waals surface area contributed by atoms with Crippen molar-refractivity contribution in [2.45, 2.75) is 19.9 Å². The summed E-state index contributed by atoms with van der Waals surface area (Å²) in [4.78, 5) is 31.1. The largest absolute Gasteiger partial charge is 0.340 e. The number of rotatable bonds is 5. The van der Waals surface area contributed by atoms with Crippen LogP contribution in [-0.4, -0.2) is 56.9 Å². The second-order valence-electron chi connectivity index (χ2n) is 5.95. The van der Waals surface area contributed by atoms with E-state index in [1.165, 1.54) is 6.07 Å². The fourth-order valence-electron chi connectivity index (χ4n) is 2.87. The summed E-state index contributed by atoms with van der Waals surface area (Å²) in [7, 11) is 0. The number of benzene rings is 1. The van der Waals surface area contributed by atoms with Crippen molar-refractivity contribution in [2.24, 2.45) is 0 Å². The summed E-state index contributed by atoms with van der Waals surface area (Å²) >= 11 is 0. The Morgan fingerprint density at radius 1 is 1.28 bits per heavy atom. The molecule has 25 heavy (non-hydrogen) atoms. The third kappa shape index (κ3) is 4.18. The standard InChI is InChI=1S/C16H19N5O4/c1-12-17-15(18-25-12)11-19-6-8-20(9-7-19)16(22)10-13-4-2-3-5-14(13)21(23)24/h2-5H,6-11H2,1H3. The molecule has 0 unspecified atom stereocenters. The summed E-state index contributed by atoms with van der Waals surface area (Å²) in [5.41, 5.74) is 0.434. The smallest absolute Gasteiger partial charge is 0.273 e. The topological polar surface area (TPSA) is 106 Å². The first-order valence-corrected chi connectivity index (χ1v) is 8.04. The van der Waals surface area contributed by atoms with Gasteiger partial charge >= 0.3 is 0 Å². The van der Waals surface area contributed by atoms with Gasteiger partial charge in [0.25, 0.3) is 5.69 Å². The maximum absolute atomic E-state index is 12.5. The molecule has 1 aliphatic rings. The third-order valence-electron chi connectivity index (χ3n) is 4.19. The minimum atomic E-state index is -0.451. The molecule has 0 radical (unpaired) electrons. The summed E-state index contributed by atoms with van der Waals surface area (Å²) in [6.07, 6.45) is 0.0428. The number of amides is 1. The second-order valence-corrected chi connectivity index (χ2v) is 5.95. The SMILES string of the molecule is Cc1nc(CN2CCN(C(=O)Cc3ccccc3[N+](=O)[O-])CC2)no1. The highest BCUT2D eigenvalue weighted by Crippen LogP contribution is 2.19. The van der Waals surface area contributed by atoms with Crippen molar-refractivity contribution in [2.75, 3.05) is 26.2 Å². The number of nitrogens with zero attached hydrogens (tertiary/aromatic N) is 5. The Kier molecular flexibility index (Phi) is 5.03. The fraction of sp³-hybridized carbons (Fsp3) is 0.438. The number of aryl methyl sites for hydroxylation is 1. The van der Waals surface area contributed by atoms with Crippen LogP contribution in [0.2, 0.25) is 0 Å². The molecule has 0 bridgehead atoms. The van der Waals surface area contributed by atoms with E-state index in [9.17, 15) is 14.9 Å². The Morgan fingerprint density at radius 3 is 2.64 bits per heavy atom. The molecule has 0 atom stereocenters. The molecule has 1 aromatic heterocycles. The number of carbonyl (C=O) groups excluding carboxylic acids is 1. The molecule has 1 amide bonds. The summed E-state index contributed by atoms with van der Waals surface area (Å²) < 4.78 is 4.95. The van der Waals surface area contributed by atoms with E-state index in [0.29, 0.717) is 50.0 Å². The van der Waals surface area contributed by atoms with Crippen molar-refractivity contribution in [1.82, 2.24) is 19.9 Å². The highest BCUT2D eigenvalue weighted by molar-refractivity contribution is 5.80. The van der Waals surface area contributed by atoms with E-state index in [0.717, 1.165) is 0 Å². The van der Waals surface area contributed by atoms with Crippen molar-refractivity contribution < 1.29 is 14.2 Å². The molecular weight excluding hydrogens is 326 g/mol. The molecule has 1 aromatic carbocycles. The van der Waals surface area contributed by atoms with Crippen LogP contribution in [0.25, 0.3) is 0 Å². The van der Waals surface area contributed by atoms with Crippen LogP contribution in [0.15, 0.2) is 28.8 Å². The van der Waals surface area contributed by atoms with Crippen LogP contribution in [0.3, 0.4) is 0 Å². The summed E-state index contributed by atoms with van der Waals surface area (Å²) in [5, 5.41) is 14.9. The average Bonchev–Trinajstić information content (AvgIpc) is 3.00. The van der Waals surface area contributed by atoms with Crippen LogP contribution >= 0.6 is 0 Å². The van der Waals surface area contributed by atoms with Crippen LogP contribution in [0.4, 0.5) is 5.69 Å². The zero-order chi connectivity index (χ0) is 17.8. The minimum Gasteiger partial charge on any atom is -0.340 e. The summed E-state index contributed by atoms with van der Waals surface area (Å²) in [6, 6.07) is 6.36. The second kappa shape index (κ2) is 7.39. The van der Waals surface area contributed by atoms with E-state index in [1.54, 1.807) is 30.0 Å². The van der Waals surface area contributed by atoms with E-state index in [4.69, 9.17) is 4.52 Å². The predicted octanol–water partition coefficient (Wildman–Crippen LogP) is 1.17. The highest BCUT2D eigenvalue weighted by Gasteiger charge is 2.24. The Balaban J connectivity index is 1.54. The van der Waals surface area contributed by atoms with Gasteiger partial charge in [0, 0.05) is 44.7 Å². The lowest BCUT2D eigenvalue weighted by Gasteiger charge is -2.34. The van der Waals surface area contributed by atoms with Crippen LogP contribution < -0.4 is 0 Å². The van der Waals surface area contributed by atoms with E-state index >= 15 is 0 Å². The maximum atomic E-state index is 12.5. The van der Waals surface area contributed by atoms with E-state index in [-0.39, 0.29) is 18.0 Å². The third-order valence-corrected chi connectivity index (χ3v) is 4.19. The van der Waals surface area contributed by atoms with Gasteiger partial charge in [0.15, 0.2) is 5.82 Å². The van der Waals surface area contributed by atoms with E-state index in [2.05, 4.69) is 15.0 Å². The Bertz CT molecular complexity index is 767. The number of hydrogen-bond acceptors (Lipinski definition) is 7. The lowest BCUT2D eigenvalue weighted by atomic mass is 10.1. The first-order valence-electron chi connectivity index (χ1n) is 8.04. The molecule has 9 heteroatoms. The molecule has 9 nitrogen and oxygen atoms in total. The zero-order valence-electron chi connectivity index (χ0n) is 13.9. The molecule has 0 aliphatic carbocycles. The number of carbonyl (C=O) groups is 1. The fourth-order valence-corrected chi connectivity index (χ4v) is 2.87. The zero-order valence-corrected chi connectivity index (χ0v) is 13.9. The van der Waals surface area contributed by atoms with Crippen molar-refractivity contribution in [3.63, 3.8) is 0 Å². The predicted molar refractivity (Wildman–Crippen MR) is 87.7 cm³/mol. The first kappa shape index (κ1) is 17.0. The Labute approximate surface area is 144 Å². The number of hydrogen-bond donors (Lipinski definition) is 0. The lowest BCUT2D eigenvalue weighted by molar-refractivity contribution is -0.385. The molecule has 0 saturated carbocycles. The number of para-hydroxylation sites is 1. The van der Waals surface area contributed by atoms with E-state index in [1.807, 2.05) is 0 Å². The number of piperazine rings is 1. The van der Waals surface area contributed by atoms with Crippen molar-refractivity contribution in [3.05, 3.63) is 51.7 Å². The van der Waals surface area contributed by atoms with Gasteiger partial charge in [0.2, 0.25) is 11.8 Å². The molecule has 1 saturated heterocycles. The quantitative estimate of drug-likeness (QED) is 0.591. The van der Waals surface area contributed by atoms with Crippen molar-refractivity contribution >= 4 is 11.6 Å². The van der Waals surface area contributed by atoms with Crippen LogP contribution in [0.1, 0.15) is 17.3 Å². The monoisotopic (exact) mass is 345 g/mol. The first-order chi connectivity index (χ1) is 12.0. The van der Waals surface area contributed by atoms with Gasteiger partial charge in [-0.3, -0.25) is 19.8 Å². The van der Waals surface area contributed by atoms with Crippen LogP contribution in [0.5, 0.6) is 0 Å². The number of aromatic nitrogens is 2. The molecule has 0 spiro atoms. The maximum Gasteiger partial charge on any atom is 0.273 e. The summed E-state index contributed by atoms with van der Waals surface area (Å²) in [5.74, 6) is 1.08. The van der Waals surface area contributed by atoms with Gasteiger partial charge in [-0.15, -0.1) is 0 Å². The highest BCUT2D eigenvalue weighted by atomic mass is 16.6. The molecule has 2 heterocycles. The van der Waals surface area contributed by atoms with Gasteiger partial charge in [0.1, 0.15) is 0 Å². The van der Waals surface area contributed by atoms with Gasteiger partial charge in [-0.05, 0) is 0 Å². The van der Waals surface area contributed by atoms with Crippen molar-refractivity contribution in [1.29, 1.82) is 0 Å². The van der Waals surface area contributed by atoms with Gasteiger partial charge in [-0.25, -0.2) is 0 Å². The molecular formula is C16H19N5O4. The molecule has 3 rings (SSSR count). The van der Waals surface area contributed by atoms with Gasteiger partial charge < -0.3 is 9.42 Å². The normalized spacial score (nSPS) is 15.3. The molecule has 0 N–H and O–H groups in total. The Morgan fingerprint density at radius 2 is 2.00 bits per heavy atom. The number of nitro benzene ring substituents is 1. The van der Waals surface area contributed by atoms with Crippen molar-refractivity contribution in [3.8, 4) is 0 Å². The molecule has 2 aromatic rings. The molecule has 132 valence electrons. The van der Waals surface area contributed by atoms with E-state index < -0.39 is 4.92 Å². The number of nitro groups is 1. The lowest BCUT2D eigenvalue weighted by Crippen LogP contribution is -2.48. The molecule has 1 aliphatic heterocycles. The average molecular weight is 345 g/mol. The summed E-state index contributed by atoms with van der Waals surface area (Å²) in [6.45, 7) is 4.90. The van der Waals surface area contributed by atoms with Gasteiger partial charge in [-0.1, -0.05) is 23.4 Å².